The summed E-state index contributed by atoms with van der Waals surface area (Å²) in [6.07, 6.45) is 3.74. The molecule has 1 aromatic carbocycles. The van der Waals surface area contributed by atoms with Crippen LogP contribution in [0.2, 0.25) is 0 Å². The lowest BCUT2D eigenvalue weighted by molar-refractivity contribution is -0.132. The van der Waals surface area contributed by atoms with E-state index in [9.17, 15) is 14.4 Å². The number of aromatic amines is 1. The van der Waals surface area contributed by atoms with Crippen molar-refractivity contribution in [3.63, 3.8) is 0 Å². The maximum Gasteiger partial charge on any atom is 0.325 e. The third kappa shape index (κ3) is 3.01. The number of benzene rings is 1. The number of hydrogen-bond donors (Lipinski definition) is 3. The molecule has 124 valence electrons. The number of hydrogen-bond acceptors (Lipinski definition) is 3. The first-order valence-corrected chi connectivity index (χ1v) is 7.64. The van der Waals surface area contributed by atoms with Gasteiger partial charge in [-0.2, -0.15) is 0 Å². The summed E-state index contributed by atoms with van der Waals surface area (Å²) in [6, 6.07) is 6.55. The van der Waals surface area contributed by atoms with Crippen LogP contribution in [0.1, 0.15) is 5.56 Å². The molecule has 1 aromatic heterocycles. The number of carbonyl (C=O) groups is 3. The van der Waals surface area contributed by atoms with Gasteiger partial charge >= 0.3 is 6.03 Å². The molecule has 24 heavy (non-hydrogen) atoms. The molecule has 0 radical (unpaired) electrons. The number of fused-ring (bicyclic) bond motifs is 1. The third-order valence-corrected chi connectivity index (χ3v) is 3.95. The lowest BCUT2D eigenvalue weighted by Gasteiger charge is -2.12. The average Bonchev–Trinajstić information content (AvgIpc) is 3.10. The first kappa shape index (κ1) is 15.8. The number of carbonyl (C=O) groups excluding carboxylic acids is 3. The molecular formula is C17H18N4O3. The molecular weight excluding hydrogens is 308 g/mol. The Hall–Kier alpha value is -3.09. The minimum absolute atomic E-state index is 0.289. The van der Waals surface area contributed by atoms with Crippen LogP contribution in [0.25, 0.3) is 10.9 Å². The maximum atomic E-state index is 12.4. The Bertz CT molecular complexity index is 811. The zero-order valence-electron chi connectivity index (χ0n) is 13.0. The minimum Gasteiger partial charge on any atom is -0.361 e. The van der Waals surface area contributed by atoms with Gasteiger partial charge in [0.2, 0.25) is 5.91 Å². The molecule has 4 amide bonds. The highest BCUT2D eigenvalue weighted by atomic mass is 16.2. The summed E-state index contributed by atoms with van der Waals surface area (Å²) in [7, 11) is 0. The Labute approximate surface area is 138 Å². The highest BCUT2D eigenvalue weighted by molar-refractivity contribution is 6.06. The second kappa shape index (κ2) is 6.57. The van der Waals surface area contributed by atoms with Crippen molar-refractivity contribution in [3.8, 4) is 0 Å². The van der Waals surface area contributed by atoms with Crippen LogP contribution in [0.15, 0.2) is 43.1 Å². The van der Waals surface area contributed by atoms with Gasteiger partial charge in [-0.05, 0) is 11.6 Å². The standard InChI is InChI=1S/C17H18N4O3/c1-2-7-18-15(22)10-21-16(23)14(20-17(21)24)8-11-9-19-13-6-4-3-5-12(11)13/h2-6,9,14,19H,1,7-8,10H2,(H,18,22)(H,20,24). The summed E-state index contributed by atoms with van der Waals surface area (Å²) in [5.74, 6) is -0.787. The molecule has 3 rings (SSSR count). The van der Waals surface area contributed by atoms with E-state index in [4.69, 9.17) is 0 Å². The number of aromatic nitrogens is 1. The average molecular weight is 326 g/mol. The van der Waals surface area contributed by atoms with E-state index in [1.54, 1.807) is 0 Å². The second-order valence-electron chi connectivity index (χ2n) is 5.58. The summed E-state index contributed by atoms with van der Waals surface area (Å²) >= 11 is 0. The minimum atomic E-state index is -0.663. The van der Waals surface area contributed by atoms with Gasteiger partial charge in [-0.15, -0.1) is 6.58 Å². The number of rotatable bonds is 6. The molecule has 7 heteroatoms. The zero-order chi connectivity index (χ0) is 17.1. The molecule has 0 aliphatic carbocycles. The van der Waals surface area contributed by atoms with E-state index in [1.165, 1.54) is 6.08 Å². The third-order valence-electron chi connectivity index (χ3n) is 3.95. The van der Waals surface area contributed by atoms with Crippen molar-refractivity contribution < 1.29 is 14.4 Å². The highest BCUT2D eigenvalue weighted by Crippen LogP contribution is 2.21. The predicted octanol–water partition coefficient (Wildman–Crippen LogP) is 0.933. The zero-order valence-corrected chi connectivity index (χ0v) is 13.0. The largest absolute Gasteiger partial charge is 0.361 e. The normalized spacial score (nSPS) is 17.2. The monoisotopic (exact) mass is 326 g/mol. The summed E-state index contributed by atoms with van der Waals surface area (Å²) < 4.78 is 0. The summed E-state index contributed by atoms with van der Waals surface area (Å²) in [6.45, 7) is 3.50. The second-order valence-corrected chi connectivity index (χ2v) is 5.58. The Morgan fingerprint density at radius 3 is 2.92 bits per heavy atom. The van der Waals surface area contributed by atoms with E-state index < -0.39 is 18.0 Å². The molecule has 2 aromatic rings. The number of H-pyrrole nitrogens is 1. The Morgan fingerprint density at radius 2 is 2.12 bits per heavy atom. The van der Waals surface area contributed by atoms with Gasteiger partial charge in [0.25, 0.3) is 5.91 Å². The van der Waals surface area contributed by atoms with Gasteiger partial charge in [-0.1, -0.05) is 24.3 Å². The molecule has 3 N–H and O–H groups in total. The van der Waals surface area contributed by atoms with E-state index in [0.717, 1.165) is 21.4 Å². The molecule has 0 bridgehead atoms. The van der Waals surface area contributed by atoms with Crippen molar-refractivity contribution in [2.45, 2.75) is 12.5 Å². The van der Waals surface area contributed by atoms with Crippen LogP contribution in [0.5, 0.6) is 0 Å². The molecule has 1 aliphatic rings. The fraction of sp³-hybridized carbons (Fsp3) is 0.235. The van der Waals surface area contributed by atoms with Crippen LogP contribution < -0.4 is 10.6 Å². The summed E-state index contributed by atoms with van der Waals surface area (Å²) in [4.78, 5) is 40.2. The van der Waals surface area contributed by atoms with Crippen molar-refractivity contribution in [2.75, 3.05) is 13.1 Å². The molecule has 2 heterocycles. The Balaban J connectivity index is 1.69. The fourth-order valence-electron chi connectivity index (χ4n) is 2.77. The van der Waals surface area contributed by atoms with Crippen LogP contribution in [0, 0.1) is 0 Å². The van der Waals surface area contributed by atoms with Crippen LogP contribution in [-0.4, -0.2) is 46.9 Å². The van der Waals surface area contributed by atoms with Gasteiger partial charge in [-0.25, -0.2) is 4.79 Å². The SMILES string of the molecule is C=CCNC(=O)CN1C(=O)NC(Cc2c[nH]c3ccccc23)C1=O. The number of imide groups is 1. The summed E-state index contributed by atoms with van der Waals surface area (Å²) in [5.41, 5.74) is 1.92. The molecule has 1 fully saturated rings. The van der Waals surface area contributed by atoms with E-state index in [2.05, 4.69) is 22.2 Å². The van der Waals surface area contributed by atoms with Crippen molar-refractivity contribution in [1.29, 1.82) is 0 Å². The van der Waals surface area contributed by atoms with E-state index in [-0.39, 0.29) is 12.5 Å². The van der Waals surface area contributed by atoms with Gasteiger partial charge in [0.1, 0.15) is 12.6 Å². The maximum absolute atomic E-state index is 12.4. The number of urea groups is 1. The molecule has 1 saturated heterocycles. The van der Waals surface area contributed by atoms with Crippen LogP contribution in [0.3, 0.4) is 0 Å². The van der Waals surface area contributed by atoms with Crippen molar-refractivity contribution in [1.82, 2.24) is 20.5 Å². The molecule has 1 unspecified atom stereocenters. The molecule has 7 nitrogen and oxygen atoms in total. The van der Waals surface area contributed by atoms with Crippen molar-refractivity contribution in [2.24, 2.45) is 0 Å². The van der Waals surface area contributed by atoms with Gasteiger partial charge in [0, 0.05) is 30.1 Å². The van der Waals surface area contributed by atoms with Gasteiger partial charge in [0.15, 0.2) is 0 Å². The van der Waals surface area contributed by atoms with Crippen LogP contribution in [-0.2, 0) is 16.0 Å². The first-order valence-electron chi connectivity index (χ1n) is 7.64. The summed E-state index contributed by atoms with van der Waals surface area (Å²) in [5, 5.41) is 6.21. The van der Waals surface area contributed by atoms with Gasteiger partial charge < -0.3 is 15.6 Å². The van der Waals surface area contributed by atoms with Crippen LogP contribution >= 0.6 is 0 Å². The molecule has 1 atom stereocenters. The van der Waals surface area contributed by atoms with Crippen molar-refractivity contribution in [3.05, 3.63) is 48.7 Å². The number of amides is 4. The Morgan fingerprint density at radius 1 is 1.33 bits per heavy atom. The van der Waals surface area contributed by atoms with E-state index in [0.29, 0.717) is 13.0 Å². The number of nitrogens with zero attached hydrogens (tertiary/aromatic N) is 1. The lowest BCUT2D eigenvalue weighted by atomic mass is 10.1. The predicted molar refractivity (Wildman–Crippen MR) is 89.2 cm³/mol. The Kier molecular flexibility index (Phi) is 4.33. The lowest BCUT2D eigenvalue weighted by Crippen LogP contribution is -2.41. The van der Waals surface area contributed by atoms with Crippen molar-refractivity contribution >= 4 is 28.7 Å². The van der Waals surface area contributed by atoms with E-state index >= 15 is 0 Å². The smallest absolute Gasteiger partial charge is 0.325 e. The van der Waals surface area contributed by atoms with E-state index in [1.807, 2.05) is 30.5 Å². The fourth-order valence-corrected chi connectivity index (χ4v) is 2.77. The van der Waals surface area contributed by atoms with Gasteiger partial charge in [-0.3, -0.25) is 14.5 Å². The number of nitrogens with one attached hydrogen (secondary N) is 3. The molecule has 0 spiro atoms. The van der Waals surface area contributed by atoms with Gasteiger partial charge in [0.05, 0.1) is 0 Å². The van der Waals surface area contributed by atoms with Crippen LogP contribution in [0.4, 0.5) is 4.79 Å². The molecule has 1 aliphatic heterocycles. The highest BCUT2D eigenvalue weighted by Gasteiger charge is 2.39. The molecule has 0 saturated carbocycles. The quantitative estimate of drug-likeness (QED) is 0.544. The first-order chi connectivity index (χ1) is 11.6. The topological polar surface area (TPSA) is 94.3 Å². The number of para-hydroxylation sites is 1.